The normalized spacial score (nSPS) is 33.6. The van der Waals surface area contributed by atoms with Gasteiger partial charge in [-0.2, -0.15) is 8.88 Å². The number of nitrogen functional groups attached to an aromatic ring is 1. The predicted molar refractivity (Wildman–Crippen MR) is 94.3 cm³/mol. The second kappa shape index (κ2) is 7.60. The molecule has 2 aromatic rings. The minimum atomic E-state index is -5.47. The predicted octanol–water partition coefficient (Wildman–Crippen LogP) is -1.14. The van der Waals surface area contributed by atoms with Gasteiger partial charge in [0.15, 0.2) is 23.8 Å². The highest BCUT2D eigenvalue weighted by Crippen LogP contribution is 2.80. The van der Waals surface area contributed by atoms with E-state index in [1.54, 1.807) is 0 Å². The lowest BCUT2D eigenvalue weighted by Crippen LogP contribution is -2.33. The summed E-state index contributed by atoms with van der Waals surface area (Å²) in [6.07, 6.45) is -3.15. The Morgan fingerprint density at radius 1 is 1.23 bits per heavy atom. The summed E-state index contributed by atoms with van der Waals surface area (Å²) in [6.45, 7) is -0.605. The standard InChI is InChI=1S/C10H14N5O13P3/c11-8-5-9(13-2-12-8)15(3-14-5)10-7(17)6(16)4(24-10)1-28-25-31(28,23)27-30(21,22)26-29(18,19)20/h2-4,6-7,10,16-17H,1H2,(H4-,11,12,13,18,19,20,21,22)/p+1/t4-,6-,7-,10-,31+/m1/s1. The van der Waals surface area contributed by atoms with Crippen LogP contribution in [-0.2, 0) is 36.0 Å². The molecule has 6 atom stereocenters. The monoisotopic (exact) mass is 506 g/mol. The van der Waals surface area contributed by atoms with Gasteiger partial charge >= 0.3 is 23.5 Å². The fourth-order valence-electron chi connectivity index (χ4n) is 2.83. The fourth-order valence-corrected chi connectivity index (χ4v) is 6.45. The van der Waals surface area contributed by atoms with Gasteiger partial charge in [0.25, 0.3) is 0 Å². The first kappa shape index (κ1) is 22.8. The maximum Gasteiger partial charge on any atom is 0.751 e. The first-order valence-electron chi connectivity index (χ1n) is 8.07. The lowest BCUT2D eigenvalue weighted by atomic mass is 10.1. The van der Waals surface area contributed by atoms with Crippen LogP contribution in [0.15, 0.2) is 12.7 Å². The van der Waals surface area contributed by atoms with Gasteiger partial charge in [0.1, 0.15) is 24.1 Å². The largest absolute Gasteiger partial charge is 0.751 e. The minimum Gasteiger partial charge on any atom is -0.387 e. The lowest BCUT2D eigenvalue weighted by Gasteiger charge is -2.16. The average Bonchev–Trinajstić information content (AvgIpc) is 2.95. The molecule has 2 fully saturated rings. The zero-order chi connectivity index (χ0) is 22.8. The first-order chi connectivity index (χ1) is 14.3. The molecule has 0 aliphatic carbocycles. The smallest absolute Gasteiger partial charge is 0.387 e. The maximum atomic E-state index is 12.2. The van der Waals surface area contributed by atoms with Crippen LogP contribution in [0.25, 0.3) is 11.2 Å². The Hall–Kier alpha value is -1.36. The zero-order valence-corrected chi connectivity index (χ0v) is 17.6. The molecule has 0 bridgehead atoms. The second-order valence-electron chi connectivity index (χ2n) is 6.26. The molecule has 172 valence electrons. The van der Waals surface area contributed by atoms with Crippen LogP contribution in [0.4, 0.5) is 5.82 Å². The number of aliphatic hydroxyl groups is 2. The van der Waals surface area contributed by atoms with Gasteiger partial charge in [0.05, 0.1) is 11.0 Å². The van der Waals surface area contributed by atoms with Crippen LogP contribution in [0, 0.1) is 0 Å². The topological polar surface area (TPSA) is 265 Å². The van der Waals surface area contributed by atoms with Crippen LogP contribution in [0.2, 0.25) is 0 Å². The molecule has 21 heteroatoms. The molecule has 18 nitrogen and oxygen atoms in total. The van der Waals surface area contributed by atoms with E-state index in [0.29, 0.717) is 0 Å². The molecule has 7 N–H and O–H groups in total. The number of imidazole rings is 1. The van der Waals surface area contributed by atoms with Crippen molar-refractivity contribution in [1.29, 1.82) is 0 Å². The average molecular weight is 506 g/mol. The molecule has 2 aliphatic rings. The van der Waals surface area contributed by atoms with E-state index in [-0.39, 0.29) is 17.0 Å². The van der Waals surface area contributed by atoms with Crippen molar-refractivity contribution >= 4 is 40.4 Å². The molecule has 0 saturated carbocycles. The number of nitrogens with two attached hydrogens (primary N) is 1. The molecule has 0 amide bonds. The number of hydrogen-bond donors (Lipinski definition) is 6. The van der Waals surface area contributed by atoms with E-state index in [1.165, 1.54) is 15.2 Å². The summed E-state index contributed by atoms with van der Waals surface area (Å²) >= 11 is 0. The van der Waals surface area contributed by atoms with Crippen molar-refractivity contribution in [1.82, 2.24) is 19.5 Å². The van der Waals surface area contributed by atoms with Gasteiger partial charge in [-0.1, -0.05) is 0 Å². The van der Waals surface area contributed by atoms with E-state index in [1.807, 2.05) is 0 Å². The third-order valence-corrected chi connectivity index (χ3v) is 8.39. The molecule has 4 heterocycles. The van der Waals surface area contributed by atoms with Crippen molar-refractivity contribution < 1.29 is 60.9 Å². The van der Waals surface area contributed by atoms with Crippen molar-refractivity contribution in [2.24, 2.45) is 0 Å². The van der Waals surface area contributed by atoms with E-state index in [2.05, 4.69) is 28.2 Å². The molecule has 0 spiro atoms. The van der Waals surface area contributed by atoms with Crippen LogP contribution in [0.3, 0.4) is 0 Å². The highest BCUT2D eigenvalue weighted by molar-refractivity contribution is 7.68. The second-order valence-corrected chi connectivity index (χ2v) is 10.9. The van der Waals surface area contributed by atoms with Gasteiger partial charge in [0, 0.05) is 0 Å². The van der Waals surface area contributed by atoms with E-state index < -0.39 is 54.6 Å². The van der Waals surface area contributed by atoms with E-state index >= 15 is 0 Å². The van der Waals surface area contributed by atoms with Gasteiger partial charge in [-0.15, -0.1) is 8.62 Å². The van der Waals surface area contributed by atoms with Crippen molar-refractivity contribution in [3.8, 4) is 0 Å². The van der Waals surface area contributed by atoms with E-state index in [0.717, 1.165) is 6.33 Å². The summed E-state index contributed by atoms with van der Waals surface area (Å²) in [5.74, 6) is 0.0745. The minimum absolute atomic E-state index is 0.0745. The Morgan fingerprint density at radius 2 is 1.94 bits per heavy atom. The molecule has 2 aliphatic heterocycles. The van der Waals surface area contributed by atoms with Crippen molar-refractivity contribution in [3.05, 3.63) is 12.7 Å². The molecule has 2 aromatic heterocycles. The summed E-state index contributed by atoms with van der Waals surface area (Å²) in [7, 11) is -15.4. The lowest BCUT2D eigenvalue weighted by molar-refractivity contribution is -0.186. The van der Waals surface area contributed by atoms with Crippen LogP contribution in [0.5, 0.6) is 0 Å². The number of fused-ring (bicyclic) bond motifs is 1. The van der Waals surface area contributed by atoms with Crippen LogP contribution >= 0.6 is 23.5 Å². The molecule has 1 unspecified atom stereocenters. The summed E-state index contributed by atoms with van der Waals surface area (Å²) in [4.78, 5) is 38.2. The van der Waals surface area contributed by atoms with Gasteiger partial charge in [-0.3, -0.25) is 4.57 Å². The van der Waals surface area contributed by atoms with Gasteiger partial charge in [0.2, 0.25) is 6.61 Å². The third kappa shape index (κ3) is 4.58. The molecular formula is C10H15N5O13P3+. The maximum absolute atomic E-state index is 12.2. The Balaban J connectivity index is 1.45. The van der Waals surface area contributed by atoms with Gasteiger partial charge in [-0.25, -0.2) is 24.1 Å². The quantitative estimate of drug-likeness (QED) is 0.112. The van der Waals surface area contributed by atoms with Crippen molar-refractivity contribution in [3.63, 3.8) is 0 Å². The number of aromatic nitrogens is 4. The van der Waals surface area contributed by atoms with Crippen LogP contribution in [0.1, 0.15) is 6.23 Å². The Bertz CT molecular complexity index is 1150. The van der Waals surface area contributed by atoms with E-state index in [4.69, 9.17) is 20.3 Å². The fraction of sp³-hybridized carbons (Fsp3) is 0.500. The molecule has 4 rings (SSSR count). The number of nitrogens with zero attached hydrogens (tertiary/aromatic N) is 4. The summed E-state index contributed by atoms with van der Waals surface area (Å²) in [6, 6.07) is 0. The number of aliphatic hydroxyl groups excluding tert-OH is 2. The highest BCUT2D eigenvalue weighted by Gasteiger charge is 2.75. The summed E-state index contributed by atoms with van der Waals surface area (Å²) in [5.41, 5.74) is 6.12. The molecule has 0 aromatic carbocycles. The molecule has 2 saturated heterocycles. The number of phosphoric acid groups is 2. The number of hydrogen-bond acceptors (Lipinski definition) is 13. The van der Waals surface area contributed by atoms with Gasteiger partial charge < -0.3 is 35.4 Å². The summed E-state index contributed by atoms with van der Waals surface area (Å²) in [5, 5.41) is 20.6. The Kier molecular flexibility index (Phi) is 5.60. The number of ether oxygens (including phenoxy) is 1. The van der Waals surface area contributed by atoms with Crippen molar-refractivity contribution in [2.45, 2.75) is 24.5 Å². The van der Waals surface area contributed by atoms with Crippen LogP contribution in [-0.4, -0.2) is 69.3 Å². The van der Waals surface area contributed by atoms with Crippen molar-refractivity contribution in [2.75, 3.05) is 12.3 Å². The van der Waals surface area contributed by atoms with E-state index in [9.17, 15) is 28.8 Å². The molecule has 31 heavy (non-hydrogen) atoms. The zero-order valence-electron chi connectivity index (χ0n) is 14.9. The highest BCUT2D eigenvalue weighted by atomic mass is 31.3. The molecule has 0 radical (unpaired) electrons. The summed E-state index contributed by atoms with van der Waals surface area (Å²) < 4.78 is 54.8. The first-order valence-corrected chi connectivity index (χ1v) is 12.6. The third-order valence-electron chi connectivity index (χ3n) is 4.13. The Labute approximate surface area is 171 Å². The molecular weight excluding hydrogens is 491 g/mol. The number of anilines is 1. The SMILES string of the molecule is Nc1ncnc2c1ncn2[C@@H]1O[C@H](C[O+]2O[P@@]2(=O)OP(=O)(O)OP(=O)(O)O)[C@@H](O)[C@H]1O. The van der Waals surface area contributed by atoms with Crippen LogP contribution < -0.4 is 5.73 Å². The van der Waals surface area contributed by atoms with Gasteiger partial charge in [-0.05, 0) is 0 Å². The number of rotatable bonds is 7. The Morgan fingerprint density at radius 3 is 2.61 bits per heavy atom.